The Morgan fingerprint density at radius 2 is 1.29 bits per heavy atom. The normalized spacial score (nSPS) is 36.3. The van der Waals surface area contributed by atoms with Crippen LogP contribution in [0.25, 0.3) is 0 Å². The second-order valence-corrected chi connectivity index (χ2v) is 10.9. The third kappa shape index (κ3) is 6.01. The zero-order valence-electron chi connectivity index (χ0n) is 20.4. The van der Waals surface area contributed by atoms with E-state index in [4.69, 9.17) is 4.74 Å². The van der Waals surface area contributed by atoms with Gasteiger partial charge in [0, 0.05) is 76.5 Å². The van der Waals surface area contributed by atoms with Gasteiger partial charge >= 0.3 is 0 Å². The molecule has 6 heteroatoms. The van der Waals surface area contributed by atoms with Gasteiger partial charge in [-0.1, -0.05) is 12.8 Å². The molecule has 4 aliphatic rings. The van der Waals surface area contributed by atoms with Crippen molar-refractivity contribution in [3.05, 3.63) is 0 Å². The number of hydrogen-bond acceptors (Lipinski definition) is 6. The number of hydrogen-bond donors (Lipinski definition) is 1. The third-order valence-electron chi connectivity index (χ3n) is 8.65. The predicted octanol–water partition coefficient (Wildman–Crippen LogP) is 2.26. The van der Waals surface area contributed by atoms with Crippen molar-refractivity contribution in [1.29, 1.82) is 0 Å². The molecule has 4 rings (SSSR count). The summed E-state index contributed by atoms with van der Waals surface area (Å²) in [6.07, 6.45) is 8.81. The summed E-state index contributed by atoms with van der Waals surface area (Å²) in [6.45, 7) is 17.1. The first-order valence-corrected chi connectivity index (χ1v) is 13.3. The Kier molecular flexibility index (Phi) is 8.68. The molecule has 180 valence electrons. The lowest BCUT2D eigenvalue weighted by molar-refractivity contribution is -0.0481. The lowest BCUT2D eigenvalue weighted by Crippen LogP contribution is -2.57. The molecule has 2 saturated carbocycles. The van der Waals surface area contributed by atoms with E-state index in [1.165, 1.54) is 64.7 Å². The van der Waals surface area contributed by atoms with Crippen LogP contribution in [0.15, 0.2) is 0 Å². The minimum atomic E-state index is -0.109. The average Bonchev–Trinajstić information content (AvgIpc) is 3.26. The van der Waals surface area contributed by atoms with Crippen molar-refractivity contribution in [3.8, 4) is 0 Å². The van der Waals surface area contributed by atoms with E-state index in [1.807, 2.05) is 0 Å². The molecule has 0 amide bonds. The van der Waals surface area contributed by atoms with Crippen LogP contribution in [-0.4, -0.2) is 120 Å². The van der Waals surface area contributed by atoms with Crippen molar-refractivity contribution in [2.75, 3.05) is 59.0 Å². The lowest BCUT2D eigenvalue weighted by atomic mass is 9.91. The molecule has 0 aromatic heterocycles. The summed E-state index contributed by atoms with van der Waals surface area (Å²) in [5.74, 6) is 0. The quantitative estimate of drug-likeness (QED) is 0.660. The first-order chi connectivity index (χ1) is 15.0. The van der Waals surface area contributed by atoms with Gasteiger partial charge < -0.3 is 9.84 Å². The molecule has 1 N–H and O–H groups in total. The van der Waals surface area contributed by atoms with Crippen molar-refractivity contribution in [2.45, 2.75) is 102 Å². The summed E-state index contributed by atoms with van der Waals surface area (Å²) < 4.78 is 6.57. The van der Waals surface area contributed by atoms with Crippen molar-refractivity contribution in [1.82, 2.24) is 19.6 Å². The molecular weight excluding hydrogens is 388 g/mol. The lowest BCUT2D eigenvalue weighted by Gasteiger charge is -2.44. The topological polar surface area (TPSA) is 42.4 Å². The minimum absolute atomic E-state index is 0.109. The molecular formula is C25H48N4O2. The van der Waals surface area contributed by atoms with Gasteiger partial charge in [0.15, 0.2) is 0 Å². The van der Waals surface area contributed by atoms with Gasteiger partial charge in [-0.15, -0.1) is 0 Å². The van der Waals surface area contributed by atoms with Gasteiger partial charge in [0.2, 0.25) is 0 Å². The van der Waals surface area contributed by atoms with Crippen LogP contribution in [0.4, 0.5) is 0 Å². The maximum Gasteiger partial charge on any atom is 0.0731 e. The van der Waals surface area contributed by atoms with Crippen molar-refractivity contribution >= 4 is 0 Å². The van der Waals surface area contributed by atoms with E-state index >= 15 is 0 Å². The van der Waals surface area contributed by atoms with E-state index in [0.717, 1.165) is 39.2 Å². The van der Waals surface area contributed by atoms with Crippen molar-refractivity contribution in [3.63, 3.8) is 0 Å². The number of ether oxygens (including phenoxy) is 1. The fourth-order valence-electron chi connectivity index (χ4n) is 6.50. The van der Waals surface area contributed by atoms with E-state index in [2.05, 4.69) is 40.4 Å². The SMILES string of the molecule is CC(C)N1CCN(C2CCCC2OCC(C)N2CCN(C3CCCCC3O)CC2)CC1. The minimum Gasteiger partial charge on any atom is -0.391 e. The van der Waals surface area contributed by atoms with Crippen LogP contribution in [0.2, 0.25) is 0 Å². The summed E-state index contributed by atoms with van der Waals surface area (Å²) in [4.78, 5) is 10.5. The van der Waals surface area contributed by atoms with Gasteiger partial charge in [0.05, 0.1) is 18.8 Å². The van der Waals surface area contributed by atoms with Crippen LogP contribution in [0.5, 0.6) is 0 Å². The molecule has 31 heavy (non-hydrogen) atoms. The molecule has 2 aliphatic carbocycles. The average molecular weight is 437 g/mol. The summed E-state index contributed by atoms with van der Waals surface area (Å²) in [6, 6.07) is 2.18. The van der Waals surface area contributed by atoms with Gasteiger partial charge in [-0.05, 0) is 52.9 Å². The van der Waals surface area contributed by atoms with Crippen LogP contribution in [0.3, 0.4) is 0 Å². The smallest absolute Gasteiger partial charge is 0.0731 e. The summed E-state index contributed by atoms with van der Waals surface area (Å²) in [5.41, 5.74) is 0. The molecule has 2 saturated heterocycles. The molecule has 2 heterocycles. The van der Waals surface area contributed by atoms with Gasteiger partial charge in [-0.3, -0.25) is 19.6 Å². The van der Waals surface area contributed by atoms with Crippen LogP contribution in [-0.2, 0) is 4.74 Å². The number of nitrogens with zero attached hydrogens (tertiary/aromatic N) is 4. The first kappa shape index (κ1) is 23.9. The highest BCUT2D eigenvalue weighted by molar-refractivity contribution is 4.90. The van der Waals surface area contributed by atoms with Crippen LogP contribution in [0.1, 0.15) is 65.7 Å². The zero-order chi connectivity index (χ0) is 21.8. The fraction of sp³-hybridized carbons (Fsp3) is 1.00. The van der Waals surface area contributed by atoms with Gasteiger partial charge in [-0.25, -0.2) is 0 Å². The molecule has 5 unspecified atom stereocenters. The van der Waals surface area contributed by atoms with Gasteiger partial charge in [0.1, 0.15) is 0 Å². The number of aliphatic hydroxyl groups is 1. The van der Waals surface area contributed by atoms with Gasteiger partial charge in [-0.2, -0.15) is 0 Å². The Labute approximate surface area is 190 Å². The van der Waals surface area contributed by atoms with E-state index in [-0.39, 0.29) is 6.10 Å². The number of piperazine rings is 2. The van der Waals surface area contributed by atoms with Crippen LogP contribution < -0.4 is 0 Å². The summed E-state index contributed by atoms with van der Waals surface area (Å²) in [5, 5.41) is 10.4. The largest absolute Gasteiger partial charge is 0.391 e. The second kappa shape index (κ2) is 11.3. The molecule has 5 atom stereocenters. The highest BCUT2D eigenvalue weighted by Gasteiger charge is 2.36. The second-order valence-electron chi connectivity index (χ2n) is 10.9. The molecule has 0 bridgehead atoms. The summed E-state index contributed by atoms with van der Waals surface area (Å²) in [7, 11) is 0. The standard InChI is InChI=1S/C25H48N4O2/c1-20(2)26-11-15-29(16-12-26)23-8-6-10-25(23)31-19-21(3)27-13-17-28(18-14-27)22-7-4-5-9-24(22)30/h20-25,30H,4-19H2,1-3H3. The molecule has 0 aromatic rings. The van der Waals surface area contributed by atoms with E-state index in [9.17, 15) is 5.11 Å². The highest BCUT2D eigenvalue weighted by Crippen LogP contribution is 2.29. The number of aliphatic hydroxyl groups excluding tert-OH is 1. The predicted molar refractivity (Wildman–Crippen MR) is 127 cm³/mol. The number of rotatable bonds is 7. The highest BCUT2D eigenvalue weighted by atomic mass is 16.5. The van der Waals surface area contributed by atoms with Crippen molar-refractivity contribution < 1.29 is 9.84 Å². The maximum atomic E-state index is 10.4. The van der Waals surface area contributed by atoms with E-state index < -0.39 is 0 Å². The van der Waals surface area contributed by atoms with Crippen LogP contribution in [0, 0.1) is 0 Å². The van der Waals surface area contributed by atoms with Crippen molar-refractivity contribution in [2.24, 2.45) is 0 Å². The van der Waals surface area contributed by atoms with Gasteiger partial charge in [0.25, 0.3) is 0 Å². The monoisotopic (exact) mass is 436 g/mol. The fourth-order valence-corrected chi connectivity index (χ4v) is 6.50. The van der Waals surface area contributed by atoms with E-state index in [1.54, 1.807) is 0 Å². The Hall–Kier alpha value is -0.240. The maximum absolute atomic E-state index is 10.4. The third-order valence-corrected chi connectivity index (χ3v) is 8.65. The molecule has 0 spiro atoms. The molecule has 2 aliphatic heterocycles. The molecule has 4 fully saturated rings. The molecule has 0 aromatic carbocycles. The zero-order valence-corrected chi connectivity index (χ0v) is 20.4. The van der Waals surface area contributed by atoms with E-state index in [0.29, 0.717) is 30.3 Å². The van der Waals surface area contributed by atoms with Crippen LogP contribution >= 0.6 is 0 Å². The Bertz CT molecular complexity index is 532. The molecule has 0 radical (unpaired) electrons. The Morgan fingerprint density at radius 3 is 1.94 bits per heavy atom. The Balaban J connectivity index is 1.19. The first-order valence-electron chi connectivity index (χ1n) is 13.3. The Morgan fingerprint density at radius 1 is 0.710 bits per heavy atom. The molecule has 6 nitrogen and oxygen atoms in total. The summed E-state index contributed by atoms with van der Waals surface area (Å²) >= 11 is 0.